The van der Waals surface area contributed by atoms with Crippen LogP contribution in [0.5, 0.6) is 0 Å². The van der Waals surface area contributed by atoms with Crippen LogP contribution in [0.2, 0.25) is 0 Å². The van der Waals surface area contributed by atoms with Gasteiger partial charge in [0.2, 0.25) is 0 Å². The van der Waals surface area contributed by atoms with Crippen molar-refractivity contribution >= 4 is 27.3 Å². The van der Waals surface area contributed by atoms with Crippen molar-refractivity contribution in [3.8, 4) is 6.07 Å². The van der Waals surface area contributed by atoms with Crippen molar-refractivity contribution in [2.45, 2.75) is 13.1 Å². The number of benzene rings is 1. The van der Waals surface area contributed by atoms with Gasteiger partial charge in [-0.15, -0.1) is 11.3 Å². The Bertz CT molecular complexity index is 589. The first-order valence-electron chi connectivity index (χ1n) is 5.32. The molecule has 0 unspecified atom stereocenters. The van der Waals surface area contributed by atoms with Gasteiger partial charge in [-0.1, -0.05) is 12.1 Å². The summed E-state index contributed by atoms with van der Waals surface area (Å²) in [4.78, 5) is 1.17. The lowest BCUT2D eigenvalue weighted by Crippen LogP contribution is -2.13. The van der Waals surface area contributed by atoms with E-state index in [1.54, 1.807) is 23.5 Å². The molecular weight excluding hydrogens is 315 g/mol. The predicted molar refractivity (Wildman–Crippen MR) is 73.7 cm³/mol. The zero-order valence-corrected chi connectivity index (χ0v) is 11.8. The summed E-state index contributed by atoms with van der Waals surface area (Å²) in [5.74, 6) is -0.433. The summed E-state index contributed by atoms with van der Waals surface area (Å²) in [6, 6.07) is 8.69. The van der Waals surface area contributed by atoms with Crippen molar-refractivity contribution < 1.29 is 4.39 Å². The molecular formula is C13H10BrFN2S. The Morgan fingerprint density at radius 1 is 1.33 bits per heavy atom. The first kappa shape index (κ1) is 13.2. The number of nitriles is 1. The Labute approximate surface area is 117 Å². The van der Waals surface area contributed by atoms with Gasteiger partial charge in [0.05, 0.1) is 5.56 Å². The molecule has 5 heteroatoms. The molecule has 1 aromatic heterocycles. The van der Waals surface area contributed by atoms with Crippen molar-refractivity contribution in [2.75, 3.05) is 0 Å². The van der Waals surface area contributed by atoms with Crippen molar-refractivity contribution in [3.63, 3.8) is 0 Å². The largest absolute Gasteiger partial charge is 0.308 e. The lowest BCUT2D eigenvalue weighted by molar-refractivity contribution is 0.586. The molecule has 1 N–H and O–H groups in total. The van der Waals surface area contributed by atoms with Gasteiger partial charge in [0.15, 0.2) is 0 Å². The predicted octanol–water partition coefficient (Wildman–Crippen LogP) is 3.81. The zero-order chi connectivity index (χ0) is 13.0. The number of nitrogens with one attached hydrogen (secondary N) is 1. The second-order valence-electron chi connectivity index (χ2n) is 3.69. The molecule has 0 spiro atoms. The van der Waals surface area contributed by atoms with Crippen molar-refractivity contribution in [2.24, 2.45) is 0 Å². The number of nitrogens with zero attached hydrogens (tertiary/aromatic N) is 1. The topological polar surface area (TPSA) is 35.8 Å². The SMILES string of the molecule is N#Cc1cccc(CNCc2sccc2Br)c1F. The van der Waals surface area contributed by atoms with Crippen LogP contribution in [-0.4, -0.2) is 0 Å². The smallest absolute Gasteiger partial charge is 0.145 e. The average molecular weight is 325 g/mol. The summed E-state index contributed by atoms with van der Waals surface area (Å²) in [6.45, 7) is 1.08. The highest BCUT2D eigenvalue weighted by Gasteiger charge is 2.07. The Morgan fingerprint density at radius 2 is 2.17 bits per heavy atom. The lowest BCUT2D eigenvalue weighted by Gasteiger charge is -2.06. The second-order valence-corrected chi connectivity index (χ2v) is 5.54. The van der Waals surface area contributed by atoms with Gasteiger partial charge < -0.3 is 5.32 Å². The fourth-order valence-electron chi connectivity index (χ4n) is 1.56. The normalized spacial score (nSPS) is 10.3. The summed E-state index contributed by atoms with van der Waals surface area (Å²) in [5.41, 5.74) is 0.605. The van der Waals surface area contributed by atoms with E-state index >= 15 is 0 Å². The van der Waals surface area contributed by atoms with E-state index in [-0.39, 0.29) is 5.56 Å². The first-order chi connectivity index (χ1) is 8.72. The van der Waals surface area contributed by atoms with Gasteiger partial charge in [0.25, 0.3) is 0 Å². The van der Waals surface area contributed by atoms with E-state index in [0.29, 0.717) is 18.7 Å². The molecule has 18 heavy (non-hydrogen) atoms. The van der Waals surface area contributed by atoms with E-state index in [4.69, 9.17) is 5.26 Å². The summed E-state index contributed by atoms with van der Waals surface area (Å²) >= 11 is 5.08. The number of thiophene rings is 1. The fraction of sp³-hybridized carbons (Fsp3) is 0.154. The molecule has 0 aliphatic heterocycles. The first-order valence-corrected chi connectivity index (χ1v) is 6.99. The molecule has 0 saturated heterocycles. The fourth-order valence-corrected chi connectivity index (χ4v) is 3.03. The van der Waals surface area contributed by atoms with Gasteiger partial charge in [-0.05, 0) is 33.4 Å². The Kier molecular flexibility index (Phi) is 4.48. The van der Waals surface area contributed by atoms with E-state index in [1.165, 1.54) is 10.9 Å². The van der Waals surface area contributed by atoms with E-state index in [9.17, 15) is 4.39 Å². The van der Waals surface area contributed by atoms with E-state index in [2.05, 4.69) is 21.2 Å². The van der Waals surface area contributed by atoms with Gasteiger partial charge >= 0.3 is 0 Å². The third-order valence-electron chi connectivity index (χ3n) is 2.49. The molecule has 0 aliphatic carbocycles. The standard InChI is InChI=1S/C13H10BrFN2S/c14-11-4-5-18-12(11)8-17-7-10-3-1-2-9(6-16)13(10)15/h1-5,17H,7-8H2. The molecule has 1 heterocycles. The van der Waals surface area contributed by atoms with E-state index in [1.807, 2.05) is 17.5 Å². The number of rotatable bonds is 4. The lowest BCUT2D eigenvalue weighted by atomic mass is 10.1. The summed E-state index contributed by atoms with van der Waals surface area (Å²) in [6.07, 6.45) is 0. The molecule has 2 rings (SSSR count). The maximum Gasteiger partial charge on any atom is 0.145 e. The second kappa shape index (κ2) is 6.10. The van der Waals surface area contributed by atoms with Crippen LogP contribution in [0, 0.1) is 17.1 Å². The highest BCUT2D eigenvalue weighted by molar-refractivity contribution is 9.10. The van der Waals surface area contributed by atoms with Gasteiger partial charge in [-0.25, -0.2) is 4.39 Å². The number of hydrogen-bond donors (Lipinski definition) is 1. The number of halogens is 2. The Morgan fingerprint density at radius 3 is 2.83 bits per heavy atom. The van der Waals surface area contributed by atoms with Crippen LogP contribution in [-0.2, 0) is 13.1 Å². The van der Waals surface area contributed by atoms with Crippen LogP contribution in [0.4, 0.5) is 4.39 Å². The molecule has 2 nitrogen and oxygen atoms in total. The van der Waals surface area contributed by atoms with Crippen molar-refractivity contribution in [1.29, 1.82) is 5.26 Å². The molecule has 0 amide bonds. The van der Waals surface area contributed by atoms with Crippen molar-refractivity contribution in [3.05, 3.63) is 55.9 Å². The van der Waals surface area contributed by atoms with Crippen LogP contribution < -0.4 is 5.32 Å². The third kappa shape index (κ3) is 2.96. The molecule has 0 fully saturated rings. The van der Waals surface area contributed by atoms with Crippen LogP contribution in [0.15, 0.2) is 34.1 Å². The monoisotopic (exact) mass is 324 g/mol. The maximum atomic E-state index is 13.7. The minimum Gasteiger partial charge on any atom is -0.308 e. The molecule has 0 saturated carbocycles. The highest BCUT2D eigenvalue weighted by atomic mass is 79.9. The van der Waals surface area contributed by atoms with Crippen LogP contribution in [0.1, 0.15) is 16.0 Å². The summed E-state index contributed by atoms with van der Waals surface area (Å²) < 4.78 is 14.8. The highest BCUT2D eigenvalue weighted by Crippen LogP contribution is 2.22. The van der Waals surface area contributed by atoms with Gasteiger partial charge in [0, 0.05) is 28.0 Å². The zero-order valence-electron chi connectivity index (χ0n) is 9.41. The average Bonchev–Trinajstić information content (AvgIpc) is 2.77. The number of hydrogen-bond acceptors (Lipinski definition) is 3. The summed E-state index contributed by atoms with van der Waals surface area (Å²) in [7, 11) is 0. The molecule has 1 aromatic carbocycles. The van der Waals surface area contributed by atoms with E-state index in [0.717, 1.165) is 4.47 Å². The van der Waals surface area contributed by atoms with Crippen LogP contribution in [0.25, 0.3) is 0 Å². The maximum absolute atomic E-state index is 13.7. The molecule has 2 aromatic rings. The Balaban J connectivity index is 1.99. The van der Waals surface area contributed by atoms with Crippen LogP contribution in [0.3, 0.4) is 0 Å². The van der Waals surface area contributed by atoms with Gasteiger partial charge in [0.1, 0.15) is 11.9 Å². The molecule has 0 bridgehead atoms. The third-order valence-corrected chi connectivity index (χ3v) is 4.42. The molecule has 92 valence electrons. The van der Waals surface area contributed by atoms with E-state index < -0.39 is 5.82 Å². The Hall–Kier alpha value is -1.22. The minimum atomic E-state index is -0.433. The quantitative estimate of drug-likeness (QED) is 0.928. The summed E-state index contributed by atoms with van der Waals surface area (Å²) in [5, 5.41) is 13.9. The van der Waals surface area contributed by atoms with Gasteiger partial charge in [-0.3, -0.25) is 0 Å². The van der Waals surface area contributed by atoms with Crippen LogP contribution >= 0.6 is 27.3 Å². The molecule has 0 radical (unpaired) electrons. The van der Waals surface area contributed by atoms with Crippen molar-refractivity contribution in [1.82, 2.24) is 5.32 Å². The minimum absolute atomic E-state index is 0.0894. The molecule has 0 aliphatic rings. The molecule has 0 atom stereocenters. The van der Waals surface area contributed by atoms with Gasteiger partial charge in [-0.2, -0.15) is 5.26 Å².